The number of ether oxygens (including phenoxy) is 1. The highest BCUT2D eigenvalue weighted by molar-refractivity contribution is 7.92. The van der Waals surface area contributed by atoms with E-state index in [0.717, 1.165) is 22.0 Å². The molecule has 1 atom stereocenters. The molecule has 2 aromatic carbocycles. The summed E-state index contributed by atoms with van der Waals surface area (Å²) in [5.41, 5.74) is 1.22. The van der Waals surface area contributed by atoms with Crippen LogP contribution in [0.2, 0.25) is 0 Å². The van der Waals surface area contributed by atoms with E-state index in [9.17, 15) is 17.6 Å². The van der Waals surface area contributed by atoms with E-state index in [1.165, 1.54) is 24.3 Å². The first kappa shape index (κ1) is 21.9. The van der Waals surface area contributed by atoms with Crippen LogP contribution in [-0.2, 0) is 14.8 Å². The summed E-state index contributed by atoms with van der Waals surface area (Å²) in [5.74, 6) is 0.00766. The minimum absolute atomic E-state index is 0.257. The Hall–Kier alpha value is -2.81. The van der Waals surface area contributed by atoms with Crippen LogP contribution < -0.4 is 13.9 Å². The number of nitrogens with zero attached hydrogens (tertiary/aromatic N) is 3. The molecule has 30 heavy (non-hydrogen) atoms. The highest BCUT2D eigenvalue weighted by Crippen LogP contribution is 2.29. The Balaban J connectivity index is 1.73. The third kappa shape index (κ3) is 4.67. The standard InChI is InChI=1S/C21H26FN3O4S/c1-16(25(30(3,27)28)18-10-8-17(22)9-11-18)21(26)24-14-12-23(13-15-24)19-6-4-5-7-20(19)29-2/h4-11,16H,12-15H2,1-3H3/t16-/m1/s1. The van der Waals surface area contributed by atoms with Gasteiger partial charge < -0.3 is 14.5 Å². The van der Waals surface area contributed by atoms with Crippen LogP contribution in [0.15, 0.2) is 48.5 Å². The summed E-state index contributed by atoms with van der Waals surface area (Å²) in [7, 11) is -2.12. The lowest BCUT2D eigenvalue weighted by Gasteiger charge is -2.39. The number of amides is 1. The molecule has 1 saturated heterocycles. The molecule has 0 spiro atoms. The van der Waals surface area contributed by atoms with E-state index in [1.807, 2.05) is 24.3 Å². The number of carbonyl (C=O) groups excluding carboxylic acids is 1. The number of hydrogen-bond acceptors (Lipinski definition) is 5. The summed E-state index contributed by atoms with van der Waals surface area (Å²) in [6.45, 7) is 3.69. The molecule has 0 unspecified atom stereocenters. The van der Waals surface area contributed by atoms with Crippen LogP contribution in [0.25, 0.3) is 0 Å². The van der Waals surface area contributed by atoms with Gasteiger partial charge >= 0.3 is 0 Å². The van der Waals surface area contributed by atoms with Gasteiger partial charge in [0.25, 0.3) is 0 Å². The number of methoxy groups -OCH3 is 1. The maximum absolute atomic E-state index is 13.3. The minimum atomic E-state index is -3.74. The molecule has 9 heteroatoms. The highest BCUT2D eigenvalue weighted by atomic mass is 32.2. The minimum Gasteiger partial charge on any atom is -0.495 e. The van der Waals surface area contributed by atoms with Crippen LogP contribution in [-0.4, -0.2) is 64.8 Å². The number of carbonyl (C=O) groups is 1. The number of halogens is 1. The van der Waals surface area contributed by atoms with E-state index in [2.05, 4.69) is 4.90 Å². The molecule has 1 fully saturated rings. The largest absolute Gasteiger partial charge is 0.495 e. The fraction of sp³-hybridized carbons (Fsp3) is 0.381. The van der Waals surface area contributed by atoms with Crippen molar-refractivity contribution in [3.05, 3.63) is 54.3 Å². The number of sulfonamides is 1. The van der Waals surface area contributed by atoms with Crippen molar-refractivity contribution in [3.8, 4) is 5.75 Å². The van der Waals surface area contributed by atoms with Gasteiger partial charge in [0, 0.05) is 26.2 Å². The van der Waals surface area contributed by atoms with Crippen molar-refractivity contribution in [2.45, 2.75) is 13.0 Å². The van der Waals surface area contributed by atoms with Gasteiger partial charge in [-0.1, -0.05) is 12.1 Å². The van der Waals surface area contributed by atoms with Crippen LogP contribution in [0.4, 0.5) is 15.8 Å². The van der Waals surface area contributed by atoms with Crippen molar-refractivity contribution in [1.29, 1.82) is 0 Å². The van der Waals surface area contributed by atoms with Crippen molar-refractivity contribution in [2.75, 3.05) is 48.7 Å². The average molecular weight is 436 g/mol. The zero-order chi connectivity index (χ0) is 21.9. The molecule has 2 aromatic rings. The van der Waals surface area contributed by atoms with Crippen molar-refractivity contribution in [2.24, 2.45) is 0 Å². The molecule has 1 heterocycles. The number of rotatable bonds is 6. The summed E-state index contributed by atoms with van der Waals surface area (Å²) in [6, 6.07) is 11.8. The number of benzene rings is 2. The Labute approximate surface area is 176 Å². The van der Waals surface area contributed by atoms with Gasteiger partial charge in [-0.2, -0.15) is 0 Å². The second-order valence-electron chi connectivity index (χ2n) is 7.20. The van der Waals surface area contributed by atoms with Crippen molar-refractivity contribution in [3.63, 3.8) is 0 Å². The Morgan fingerprint density at radius 1 is 1.07 bits per heavy atom. The van der Waals surface area contributed by atoms with Crippen LogP contribution in [0.5, 0.6) is 5.75 Å². The van der Waals surface area contributed by atoms with Gasteiger partial charge in [0.15, 0.2) is 0 Å². The predicted molar refractivity (Wildman–Crippen MR) is 115 cm³/mol. The number of hydrogen-bond donors (Lipinski definition) is 0. The maximum Gasteiger partial charge on any atom is 0.246 e. The van der Waals surface area contributed by atoms with E-state index in [1.54, 1.807) is 18.9 Å². The lowest BCUT2D eigenvalue weighted by atomic mass is 10.2. The van der Waals surface area contributed by atoms with Crippen LogP contribution in [0, 0.1) is 5.82 Å². The molecule has 162 valence electrons. The fourth-order valence-corrected chi connectivity index (χ4v) is 4.88. The first-order valence-corrected chi connectivity index (χ1v) is 11.5. The zero-order valence-electron chi connectivity index (χ0n) is 17.3. The van der Waals surface area contributed by atoms with E-state index >= 15 is 0 Å². The second kappa shape index (κ2) is 8.91. The number of anilines is 2. The summed E-state index contributed by atoms with van der Waals surface area (Å²) >= 11 is 0. The molecule has 0 bridgehead atoms. The van der Waals surface area contributed by atoms with E-state index in [-0.39, 0.29) is 11.6 Å². The van der Waals surface area contributed by atoms with Crippen molar-refractivity contribution < 1.29 is 22.3 Å². The van der Waals surface area contributed by atoms with Gasteiger partial charge in [-0.15, -0.1) is 0 Å². The molecule has 0 aliphatic carbocycles. The highest BCUT2D eigenvalue weighted by Gasteiger charge is 2.33. The average Bonchev–Trinajstić information content (AvgIpc) is 2.74. The Kier molecular flexibility index (Phi) is 6.50. The molecule has 0 saturated carbocycles. The summed E-state index contributed by atoms with van der Waals surface area (Å²) in [5, 5.41) is 0. The smallest absolute Gasteiger partial charge is 0.246 e. The van der Waals surface area contributed by atoms with Crippen LogP contribution in [0.1, 0.15) is 6.92 Å². The maximum atomic E-state index is 13.3. The van der Waals surface area contributed by atoms with Gasteiger partial charge in [-0.05, 0) is 43.3 Å². The molecular formula is C21H26FN3O4S. The van der Waals surface area contributed by atoms with Gasteiger partial charge in [0.1, 0.15) is 17.6 Å². The molecule has 1 aliphatic heterocycles. The first-order valence-electron chi connectivity index (χ1n) is 9.64. The SMILES string of the molecule is COc1ccccc1N1CCN(C(=O)[C@@H](C)N(c2ccc(F)cc2)S(C)(=O)=O)CC1. The van der Waals surface area contributed by atoms with Crippen molar-refractivity contribution in [1.82, 2.24) is 4.90 Å². The van der Waals surface area contributed by atoms with Crippen LogP contribution in [0.3, 0.4) is 0 Å². The third-order valence-electron chi connectivity index (χ3n) is 5.16. The summed E-state index contributed by atoms with van der Waals surface area (Å²) < 4.78 is 44.5. The summed E-state index contributed by atoms with van der Waals surface area (Å²) in [4.78, 5) is 16.9. The number of piperazine rings is 1. The normalized spacial score (nSPS) is 15.6. The molecule has 0 N–H and O–H groups in total. The molecule has 1 amide bonds. The number of para-hydroxylation sites is 2. The molecule has 7 nitrogen and oxygen atoms in total. The summed E-state index contributed by atoms with van der Waals surface area (Å²) in [6.07, 6.45) is 1.04. The molecule has 1 aliphatic rings. The first-order chi connectivity index (χ1) is 14.2. The zero-order valence-corrected chi connectivity index (χ0v) is 18.1. The molecule has 0 aromatic heterocycles. The second-order valence-corrected chi connectivity index (χ2v) is 9.05. The topological polar surface area (TPSA) is 70.2 Å². The van der Waals surface area contributed by atoms with Crippen LogP contribution >= 0.6 is 0 Å². The fourth-order valence-electron chi connectivity index (χ4n) is 3.71. The lowest BCUT2D eigenvalue weighted by molar-refractivity contribution is -0.132. The van der Waals surface area contributed by atoms with E-state index < -0.39 is 21.9 Å². The Morgan fingerprint density at radius 2 is 1.67 bits per heavy atom. The quantitative estimate of drug-likeness (QED) is 0.697. The molecular weight excluding hydrogens is 409 g/mol. The monoisotopic (exact) mass is 435 g/mol. The molecule has 0 radical (unpaired) electrons. The van der Waals surface area contributed by atoms with Crippen molar-refractivity contribution >= 4 is 27.3 Å². The lowest BCUT2D eigenvalue weighted by Crippen LogP contribution is -2.55. The predicted octanol–water partition coefficient (Wildman–Crippen LogP) is 2.34. The molecule has 3 rings (SSSR count). The van der Waals surface area contributed by atoms with E-state index in [4.69, 9.17) is 4.74 Å². The van der Waals surface area contributed by atoms with Gasteiger partial charge in [0.2, 0.25) is 15.9 Å². The van der Waals surface area contributed by atoms with Gasteiger partial charge in [-0.3, -0.25) is 9.10 Å². The van der Waals surface area contributed by atoms with Gasteiger partial charge in [-0.25, -0.2) is 12.8 Å². The Morgan fingerprint density at radius 3 is 2.23 bits per heavy atom. The Bertz CT molecular complexity index is 990. The third-order valence-corrected chi connectivity index (χ3v) is 6.41. The van der Waals surface area contributed by atoms with Gasteiger partial charge in [0.05, 0.1) is 24.7 Å². The van der Waals surface area contributed by atoms with E-state index in [0.29, 0.717) is 26.2 Å².